The highest BCUT2D eigenvalue weighted by atomic mass is 16.5. The minimum atomic E-state index is -0.491. The highest BCUT2D eigenvalue weighted by Gasteiger charge is 2.21. The van der Waals surface area contributed by atoms with Gasteiger partial charge in [-0.2, -0.15) is 0 Å². The molecule has 0 bridgehead atoms. The SMILES string of the molecule is CCOC(=O)CNC(=O)N(C)CC(=O)N1CCCC1. The molecule has 1 fully saturated rings. The zero-order valence-corrected chi connectivity index (χ0v) is 11.5. The van der Waals surface area contributed by atoms with Crippen LogP contribution in [0.25, 0.3) is 0 Å². The number of nitrogens with one attached hydrogen (secondary N) is 1. The number of nitrogens with zero attached hydrogens (tertiary/aromatic N) is 2. The van der Waals surface area contributed by atoms with Gasteiger partial charge in [-0.15, -0.1) is 0 Å². The third kappa shape index (κ3) is 5.15. The number of amides is 3. The van der Waals surface area contributed by atoms with Crippen LogP contribution in [0.15, 0.2) is 0 Å². The molecule has 0 aliphatic carbocycles. The van der Waals surface area contributed by atoms with Crippen molar-refractivity contribution in [2.45, 2.75) is 19.8 Å². The standard InChI is InChI=1S/C12H21N3O4/c1-3-19-11(17)8-13-12(18)14(2)9-10(16)15-6-4-5-7-15/h3-9H2,1-2H3,(H,13,18). The van der Waals surface area contributed by atoms with E-state index in [4.69, 9.17) is 0 Å². The minimum absolute atomic E-state index is 0.0225. The number of carbonyl (C=O) groups is 3. The fourth-order valence-electron chi connectivity index (χ4n) is 1.84. The molecule has 0 radical (unpaired) electrons. The van der Waals surface area contributed by atoms with Gasteiger partial charge in [-0.1, -0.05) is 0 Å². The van der Waals surface area contributed by atoms with E-state index in [-0.39, 0.29) is 25.6 Å². The first-order chi connectivity index (χ1) is 9.04. The summed E-state index contributed by atoms with van der Waals surface area (Å²) < 4.78 is 4.69. The van der Waals surface area contributed by atoms with Crippen molar-refractivity contribution in [2.24, 2.45) is 0 Å². The van der Waals surface area contributed by atoms with E-state index < -0.39 is 12.0 Å². The average Bonchev–Trinajstić information content (AvgIpc) is 2.90. The number of hydrogen-bond acceptors (Lipinski definition) is 4. The highest BCUT2D eigenvalue weighted by molar-refractivity contribution is 5.85. The topological polar surface area (TPSA) is 79.0 Å². The van der Waals surface area contributed by atoms with Gasteiger partial charge in [-0.25, -0.2) is 4.79 Å². The Balaban J connectivity index is 2.27. The van der Waals surface area contributed by atoms with Crippen molar-refractivity contribution < 1.29 is 19.1 Å². The number of esters is 1. The Morgan fingerprint density at radius 3 is 2.47 bits per heavy atom. The molecule has 7 nitrogen and oxygen atoms in total. The molecule has 1 saturated heterocycles. The van der Waals surface area contributed by atoms with Gasteiger partial charge in [0, 0.05) is 20.1 Å². The third-order valence-electron chi connectivity index (χ3n) is 2.87. The Morgan fingerprint density at radius 2 is 1.89 bits per heavy atom. The molecule has 0 atom stereocenters. The van der Waals surface area contributed by atoms with E-state index in [0.717, 1.165) is 25.9 Å². The number of likely N-dealkylation sites (tertiary alicyclic amines) is 1. The van der Waals surface area contributed by atoms with Crippen LogP contribution >= 0.6 is 0 Å². The van der Waals surface area contributed by atoms with Crippen molar-refractivity contribution in [3.8, 4) is 0 Å². The zero-order chi connectivity index (χ0) is 14.3. The quantitative estimate of drug-likeness (QED) is 0.703. The molecule has 108 valence electrons. The Kier molecular flexibility index (Phi) is 6.11. The van der Waals surface area contributed by atoms with Crippen LogP contribution in [-0.2, 0) is 14.3 Å². The van der Waals surface area contributed by atoms with Gasteiger partial charge in [-0.3, -0.25) is 9.59 Å². The number of carbonyl (C=O) groups excluding carboxylic acids is 3. The lowest BCUT2D eigenvalue weighted by Crippen LogP contribution is -2.45. The Morgan fingerprint density at radius 1 is 1.26 bits per heavy atom. The molecular weight excluding hydrogens is 250 g/mol. The van der Waals surface area contributed by atoms with E-state index in [2.05, 4.69) is 10.1 Å². The summed E-state index contributed by atoms with van der Waals surface area (Å²) in [6.07, 6.45) is 2.04. The largest absolute Gasteiger partial charge is 0.465 e. The molecule has 1 N–H and O–H groups in total. The van der Waals surface area contributed by atoms with Gasteiger partial charge in [-0.05, 0) is 19.8 Å². The maximum atomic E-state index is 11.8. The minimum Gasteiger partial charge on any atom is -0.465 e. The van der Waals surface area contributed by atoms with E-state index in [0.29, 0.717) is 0 Å². The second-order valence-electron chi connectivity index (χ2n) is 4.41. The second kappa shape index (κ2) is 7.60. The summed E-state index contributed by atoms with van der Waals surface area (Å²) in [7, 11) is 1.52. The molecule has 1 aliphatic rings. The molecule has 0 aromatic rings. The van der Waals surface area contributed by atoms with E-state index >= 15 is 0 Å². The molecule has 3 amide bonds. The van der Waals surface area contributed by atoms with E-state index in [1.54, 1.807) is 11.8 Å². The zero-order valence-electron chi connectivity index (χ0n) is 11.5. The fourth-order valence-corrected chi connectivity index (χ4v) is 1.84. The smallest absolute Gasteiger partial charge is 0.325 e. The average molecular weight is 271 g/mol. The Bertz CT molecular complexity index is 340. The number of rotatable bonds is 5. The van der Waals surface area contributed by atoms with Crippen LogP contribution in [-0.4, -0.2) is 67.5 Å². The van der Waals surface area contributed by atoms with E-state index in [9.17, 15) is 14.4 Å². The molecule has 0 saturated carbocycles. The summed E-state index contributed by atoms with van der Waals surface area (Å²) in [6, 6.07) is -0.458. The van der Waals surface area contributed by atoms with E-state index in [1.807, 2.05) is 0 Å². The van der Waals surface area contributed by atoms with Crippen molar-refractivity contribution in [2.75, 3.05) is 39.8 Å². The predicted molar refractivity (Wildman–Crippen MR) is 68.5 cm³/mol. The summed E-state index contributed by atoms with van der Waals surface area (Å²) in [5.41, 5.74) is 0. The molecule has 0 aromatic heterocycles. The van der Waals surface area contributed by atoms with Gasteiger partial charge in [0.05, 0.1) is 6.61 Å². The van der Waals surface area contributed by atoms with Crippen LogP contribution in [0.2, 0.25) is 0 Å². The Labute approximate surface area is 112 Å². The van der Waals surface area contributed by atoms with E-state index in [1.165, 1.54) is 11.9 Å². The first-order valence-electron chi connectivity index (χ1n) is 6.47. The molecule has 19 heavy (non-hydrogen) atoms. The molecule has 0 spiro atoms. The predicted octanol–water partition coefficient (Wildman–Crippen LogP) is -0.187. The molecule has 0 aromatic carbocycles. The van der Waals surface area contributed by atoms with Crippen molar-refractivity contribution in [3.05, 3.63) is 0 Å². The third-order valence-corrected chi connectivity index (χ3v) is 2.87. The summed E-state index contributed by atoms with van der Waals surface area (Å²) in [5, 5.41) is 2.40. The second-order valence-corrected chi connectivity index (χ2v) is 4.41. The number of hydrogen-bond donors (Lipinski definition) is 1. The summed E-state index contributed by atoms with van der Waals surface area (Å²) in [4.78, 5) is 37.5. The van der Waals surface area contributed by atoms with Crippen molar-refractivity contribution in [1.29, 1.82) is 0 Å². The van der Waals surface area contributed by atoms with Crippen LogP contribution in [0.1, 0.15) is 19.8 Å². The van der Waals surface area contributed by atoms with Gasteiger partial charge < -0.3 is 19.9 Å². The first-order valence-corrected chi connectivity index (χ1v) is 6.47. The lowest BCUT2D eigenvalue weighted by atomic mass is 10.4. The number of ether oxygens (including phenoxy) is 1. The van der Waals surface area contributed by atoms with Crippen molar-refractivity contribution >= 4 is 17.9 Å². The Hall–Kier alpha value is -1.79. The maximum Gasteiger partial charge on any atom is 0.325 e. The molecule has 1 heterocycles. The van der Waals surface area contributed by atoms with Gasteiger partial charge >= 0.3 is 12.0 Å². The van der Waals surface area contributed by atoms with Crippen molar-refractivity contribution in [3.63, 3.8) is 0 Å². The van der Waals surface area contributed by atoms with Gasteiger partial charge in [0.1, 0.15) is 13.1 Å². The van der Waals surface area contributed by atoms with Crippen LogP contribution < -0.4 is 5.32 Å². The molecule has 7 heteroatoms. The fraction of sp³-hybridized carbons (Fsp3) is 0.750. The lowest BCUT2D eigenvalue weighted by Gasteiger charge is -2.21. The van der Waals surface area contributed by atoms with Crippen LogP contribution in [0.4, 0.5) is 4.79 Å². The highest BCUT2D eigenvalue weighted by Crippen LogP contribution is 2.07. The monoisotopic (exact) mass is 271 g/mol. The van der Waals surface area contributed by atoms with Crippen LogP contribution in [0, 0.1) is 0 Å². The summed E-state index contributed by atoms with van der Waals surface area (Å²) in [6.45, 7) is 3.33. The molecule has 1 aliphatic heterocycles. The lowest BCUT2D eigenvalue weighted by molar-refractivity contribution is -0.141. The van der Waals surface area contributed by atoms with Crippen molar-refractivity contribution in [1.82, 2.24) is 15.1 Å². The summed E-state index contributed by atoms with van der Waals surface area (Å²) >= 11 is 0. The van der Waals surface area contributed by atoms with Crippen LogP contribution in [0.3, 0.4) is 0 Å². The number of urea groups is 1. The van der Waals surface area contributed by atoms with Crippen LogP contribution in [0.5, 0.6) is 0 Å². The maximum absolute atomic E-state index is 11.8. The van der Waals surface area contributed by atoms with Gasteiger partial charge in [0.2, 0.25) is 5.91 Å². The molecular formula is C12H21N3O4. The molecule has 1 rings (SSSR count). The van der Waals surface area contributed by atoms with Gasteiger partial charge in [0.15, 0.2) is 0 Å². The number of likely N-dealkylation sites (N-methyl/N-ethyl adjacent to an activating group) is 1. The normalized spacial score (nSPS) is 14.1. The molecule has 0 unspecified atom stereocenters. The van der Waals surface area contributed by atoms with Gasteiger partial charge in [0.25, 0.3) is 0 Å². The first kappa shape index (κ1) is 15.3. The summed E-state index contributed by atoms with van der Waals surface area (Å²) in [5.74, 6) is -0.554.